The number of halogens is 1. The Balaban J connectivity index is 1.95. The molecule has 1 aromatic heterocycles. The molecule has 2 aromatic carbocycles. The SMILES string of the molecule is COc1cc(NC(=O)c2cc3cccc(OC)c3o2)c(OC)cc1Cl. The van der Waals surface area contributed by atoms with Gasteiger partial charge in [-0.05, 0) is 12.1 Å². The lowest BCUT2D eigenvalue weighted by Crippen LogP contribution is -2.12. The first-order chi connectivity index (χ1) is 12.1. The van der Waals surface area contributed by atoms with Crippen molar-refractivity contribution in [2.45, 2.75) is 0 Å². The summed E-state index contributed by atoms with van der Waals surface area (Å²) in [5.74, 6) is 1.11. The van der Waals surface area contributed by atoms with Crippen LogP contribution in [0.1, 0.15) is 10.6 Å². The maximum atomic E-state index is 12.6. The van der Waals surface area contributed by atoms with Gasteiger partial charge in [-0.15, -0.1) is 0 Å². The second-order valence-corrected chi connectivity index (χ2v) is 5.54. The molecule has 25 heavy (non-hydrogen) atoms. The van der Waals surface area contributed by atoms with Crippen molar-refractivity contribution in [3.8, 4) is 17.2 Å². The molecule has 1 amide bonds. The number of ether oxygens (including phenoxy) is 3. The van der Waals surface area contributed by atoms with Gasteiger partial charge in [-0.25, -0.2) is 0 Å². The van der Waals surface area contributed by atoms with E-state index in [1.54, 1.807) is 31.4 Å². The minimum atomic E-state index is -0.430. The molecule has 0 aliphatic rings. The Morgan fingerprint density at radius 1 is 1.00 bits per heavy atom. The van der Waals surface area contributed by atoms with Crippen LogP contribution in [-0.4, -0.2) is 27.2 Å². The summed E-state index contributed by atoms with van der Waals surface area (Å²) >= 11 is 6.07. The lowest BCUT2D eigenvalue weighted by Gasteiger charge is -2.12. The second-order valence-electron chi connectivity index (χ2n) is 5.13. The third kappa shape index (κ3) is 3.21. The molecule has 0 saturated heterocycles. The first-order valence-electron chi connectivity index (χ1n) is 7.36. The van der Waals surface area contributed by atoms with E-state index >= 15 is 0 Å². The molecule has 0 spiro atoms. The van der Waals surface area contributed by atoms with Crippen LogP contribution in [0, 0.1) is 0 Å². The lowest BCUT2D eigenvalue weighted by molar-refractivity contribution is 0.0998. The topological polar surface area (TPSA) is 69.9 Å². The van der Waals surface area contributed by atoms with Gasteiger partial charge >= 0.3 is 0 Å². The van der Waals surface area contributed by atoms with Crippen LogP contribution in [0.2, 0.25) is 5.02 Å². The summed E-state index contributed by atoms with van der Waals surface area (Å²) in [7, 11) is 4.52. The van der Waals surface area contributed by atoms with Gasteiger partial charge in [0.1, 0.15) is 11.5 Å². The predicted octanol–water partition coefficient (Wildman–Crippen LogP) is 4.36. The van der Waals surface area contributed by atoms with Crippen LogP contribution in [0.4, 0.5) is 5.69 Å². The van der Waals surface area contributed by atoms with E-state index in [1.807, 2.05) is 12.1 Å². The molecular weight excluding hydrogens is 346 g/mol. The van der Waals surface area contributed by atoms with Crippen LogP contribution in [0.5, 0.6) is 17.2 Å². The van der Waals surface area contributed by atoms with E-state index in [4.69, 9.17) is 30.2 Å². The van der Waals surface area contributed by atoms with Gasteiger partial charge in [0, 0.05) is 17.5 Å². The normalized spacial score (nSPS) is 10.6. The standard InChI is InChI=1S/C18H16ClNO5/c1-22-13-6-4-5-10-7-16(25-17(10)13)18(21)20-12-9-14(23-2)11(19)8-15(12)24-3/h4-9H,1-3H3,(H,20,21). The van der Waals surface area contributed by atoms with Crippen molar-refractivity contribution in [3.63, 3.8) is 0 Å². The zero-order valence-corrected chi connectivity index (χ0v) is 14.6. The van der Waals surface area contributed by atoms with Crippen LogP contribution in [0.3, 0.4) is 0 Å². The molecule has 0 fully saturated rings. The van der Waals surface area contributed by atoms with Crippen LogP contribution < -0.4 is 19.5 Å². The molecule has 3 rings (SSSR count). The average Bonchev–Trinajstić information content (AvgIpc) is 3.07. The number of carbonyl (C=O) groups excluding carboxylic acids is 1. The molecule has 0 bridgehead atoms. The van der Waals surface area contributed by atoms with Crippen molar-refractivity contribution in [1.29, 1.82) is 0 Å². The van der Waals surface area contributed by atoms with Crippen LogP contribution in [-0.2, 0) is 0 Å². The lowest BCUT2D eigenvalue weighted by atomic mass is 10.2. The molecule has 0 radical (unpaired) electrons. The summed E-state index contributed by atoms with van der Waals surface area (Å²) < 4.78 is 21.3. The molecule has 6 nitrogen and oxygen atoms in total. The van der Waals surface area contributed by atoms with Crippen molar-refractivity contribution < 1.29 is 23.4 Å². The Bertz CT molecular complexity index is 935. The number of rotatable bonds is 5. The van der Waals surface area contributed by atoms with Gasteiger partial charge in [0.05, 0.1) is 32.0 Å². The van der Waals surface area contributed by atoms with Crippen molar-refractivity contribution in [2.24, 2.45) is 0 Å². The molecule has 0 unspecified atom stereocenters. The number of carbonyl (C=O) groups is 1. The first-order valence-corrected chi connectivity index (χ1v) is 7.74. The van der Waals surface area contributed by atoms with E-state index < -0.39 is 5.91 Å². The predicted molar refractivity (Wildman–Crippen MR) is 95.3 cm³/mol. The smallest absolute Gasteiger partial charge is 0.291 e. The maximum Gasteiger partial charge on any atom is 0.291 e. The minimum absolute atomic E-state index is 0.149. The molecule has 7 heteroatoms. The van der Waals surface area contributed by atoms with Crippen molar-refractivity contribution >= 4 is 34.2 Å². The number of hydrogen-bond acceptors (Lipinski definition) is 5. The highest BCUT2D eigenvalue weighted by molar-refractivity contribution is 6.32. The van der Waals surface area contributed by atoms with E-state index in [2.05, 4.69) is 5.32 Å². The summed E-state index contributed by atoms with van der Waals surface area (Å²) in [5.41, 5.74) is 0.928. The zero-order valence-electron chi connectivity index (χ0n) is 13.9. The Morgan fingerprint density at radius 3 is 2.40 bits per heavy atom. The highest BCUT2D eigenvalue weighted by atomic mass is 35.5. The fourth-order valence-corrected chi connectivity index (χ4v) is 2.68. The van der Waals surface area contributed by atoms with Gasteiger partial charge in [0.2, 0.25) is 0 Å². The van der Waals surface area contributed by atoms with Gasteiger partial charge in [0.15, 0.2) is 17.1 Å². The molecule has 1 heterocycles. The summed E-state index contributed by atoms with van der Waals surface area (Å²) in [4.78, 5) is 12.6. The summed E-state index contributed by atoms with van der Waals surface area (Å²) in [6.45, 7) is 0. The average molecular weight is 362 g/mol. The number of methoxy groups -OCH3 is 3. The third-order valence-corrected chi connectivity index (χ3v) is 3.97. The minimum Gasteiger partial charge on any atom is -0.495 e. The molecule has 0 aliphatic heterocycles. The van der Waals surface area contributed by atoms with Crippen LogP contribution >= 0.6 is 11.6 Å². The fourth-order valence-electron chi connectivity index (χ4n) is 2.45. The van der Waals surface area contributed by atoms with Crippen molar-refractivity contribution in [2.75, 3.05) is 26.6 Å². The quantitative estimate of drug-likeness (QED) is 0.731. The molecule has 0 aliphatic carbocycles. The van der Waals surface area contributed by atoms with Gasteiger partial charge in [-0.3, -0.25) is 4.79 Å². The number of nitrogens with one attached hydrogen (secondary N) is 1. The van der Waals surface area contributed by atoms with E-state index in [0.29, 0.717) is 33.5 Å². The maximum absolute atomic E-state index is 12.6. The number of hydrogen-bond donors (Lipinski definition) is 1. The van der Waals surface area contributed by atoms with E-state index in [1.165, 1.54) is 14.2 Å². The van der Waals surface area contributed by atoms with Crippen molar-refractivity contribution in [1.82, 2.24) is 0 Å². The number of amides is 1. The Labute approximate surface area is 149 Å². The Kier molecular flexibility index (Phi) is 4.72. The first kappa shape index (κ1) is 17.0. The number of furan rings is 1. The van der Waals surface area contributed by atoms with Crippen molar-refractivity contribution in [3.05, 3.63) is 47.2 Å². The molecule has 130 valence electrons. The van der Waals surface area contributed by atoms with Crippen LogP contribution in [0.25, 0.3) is 11.0 Å². The largest absolute Gasteiger partial charge is 0.495 e. The van der Waals surface area contributed by atoms with Gasteiger partial charge in [0.25, 0.3) is 5.91 Å². The number of benzene rings is 2. The Hall–Kier alpha value is -2.86. The van der Waals surface area contributed by atoms with Gasteiger partial charge in [-0.2, -0.15) is 0 Å². The summed E-state index contributed by atoms with van der Waals surface area (Å²) in [5, 5.41) is 3.89. The van der Waals surface area contributed by atoms with Crippen LogP contribution in [0.15, 0.2) is 40.8 Å². The highest BCUT2D eigenvalue weighted by Crippen LogP contribution is 2.36. The molecule has 0 saturated carbocycles. The van der Waals surface area contributed by atoms with Gasteiger partial charge in [-0.1, -0.05) is 23.7 Å². The molecule has 1 N–H and O–H groups in total. The summed E-state index contributed by atoms with van der Waals surface area (Å²) in [6, 6.07) is 10.2. The second kappa shape index (κ2) is 6.94. The zero-order chi connectivity index (χ0) is 18.0. The summed E-state index contributed by atoms with van der Waals surface area (Å²) in [6.07, 6.45) is 0. The van der Waals surface area contributed by atoms with Gasteiger partial charge < -0.3 is 23.9 Å². The fraction of sp³-hybridized carbons (Fsp3) is 0.167. The third-order valence-electron chi connectivity index (χ3n) is 3.67. The van der Waals surface area contributed by atoms with E-state index in [-0.39, 0.29) is 5.76 Å². The number of anilines is 1. The molecule has 3 aromatic rings. The monoisotopic (exact) mass is 361 g/mol. The highest BCUT2D eigenvalue weighted by Gasteiger charge is 2.18. The van der Waals surface area contributed by atoms with E-state index in [0.717, 1.165) is 5.39 Å². The Morgan fingerprint density at radius 2 is 1.72 bits per heavy atom. The number of para-hydroxylation sites is 1. The molecular formula is C18H16ClNO5. The van der Waals surface area contributed by atoms with E-state index in [9.17, 15) is 4.79 Å². The number of fused-ring (bicyclic) bond motifs is 1. The molecule has 0 atom stereocenters.